The van der Waals surface area contributed by atoms with Gasteiger partial charge in [0, 0.05) is 6.20 Å². The summed E-state index contributed by atoms with van der Waals surface area (Å²) >= 11 is 0. The summed E-state index contributed by atoms with van der Waals surface area (Å²) in [5.41, 5.74) is -0.684. The van der Waals surface area contributed by atoms with Crippen molar-refractivity contribution in [2.24, 2.45) is 0 Å². The van der Waals surface area contributed by atoms with Crippen LogP contribution in [0.15, 0.2) is 18.3 Å². The normalized spacial score (nSPS) is 16.2. The molecule has 2 N–H and O–H groups in total. The molecule has 1 aromatic rings. The van der Waals surface area contributed by atoms with Crippen LogP contribution in [0.4, 0.5) is 0 Å². The average molecular weight is 245 g/mol. The lowest BCUT2D eigenvalue weighted by atomic mass is 9.76. The molecule has 1 saturated carbocycles. The Morgan fingerprint density at radius 1 is 1.44 bits per heavy atom. The van der Waals surface area contributed by atoms with Crippen molar-refractivity contribution in [1.82, 2.24) is 10.3 Å². The smallest absolute Gasteiger partial charge is 0.329 e. The molecule has 0 saturated heterocycles. The van der Waals surface area contributed by atoms with Crippen LogP contribution in [0.1, 0.15) is 35.3 Å². The molecule has 18 heavy (non-hydrogen) atoms. The van der Waals surface area contributed by atoms with E-state index in [1.54, 1.807) is 0 Å². The number of hydrogen-bond donors (Lipinski definition) is 2. The van der Waals surface area contributed by atoms with E-state index in [2.05, 4.69) is 10.3 Å². The van der Waals surface area contributed by atoms with Crippen LogP contribution in [-0.4, -0.2) is 27.5 Å². The molecule has 1 fully saturated rings. The number of hydrogen-bond acceptors (Lipinski definition) is 4. The summed E-state index contributed by atoms with van der Waals surface area (Å²) in [5.74, 6) is -1.54. The fraction of sp³-hybridized carbons (Fsp3) is 0.333. The van der Waals surface area contributed by atoms with Crippen LogP contribution in [0.2, 0.25) is 0 Å². The highest BCUT2D eigenvalue weighted by Gasteiger charge is 2.45. The number of rotatable bonds is 3. The first kappa shape index (κ1) is 12.0. The number of nitrogens with zero attached hydrogens (tertiary/aromatic N) is 2. The van der Waals surface area contributed by atoms with Gasteiger partial charge >= 0.3 is 5.97 Å². The van der Waals surface area contributed by atoms with E-state index in [-0.39, 0.29) is 5.69 Å². The van der Waals surface area contributed by atoms with E-state index in [0.717, 1.165) is 6.42 Å². The molecule has 1 heterocycles. The molecule has 0 aliphatic heterocycles. The Balaban J connectivity index is 2.12. The standard InChI is InChI=1S/C12H11N3O3/c13-6-8-2-3-9(14-7-8)10(16)15-12(11(17)18)4-1-5-12/h2-3,7H,1,4-5H2,(H,15,16)(H,17,18). The van der Waals surface area contributed by atoms with Crippen molar-refractivity contribution >= 4 is 11.9 Å². The molecule has 92 valence electrons. The summed E-state index contributed by atoms with van der Waals surface area (Å²) in [6.07, 6.45) is 2.94. The van der Waals surface area contributed by atoms with Gasteiger partial charge < -0.3 is 10.4 Å². The highest BCUT2D eigenvalue weighted by atomic mass is 16.4. The van der Waals surface area contributed by atoms with Gasteiger partial charge in [-0.2, -0.15) is 5.26 Å². The molecule has 0 atom stereocenters. The van der Waals surface area contributed by atoms with Crippen LogP contribution in [0.5, 0.6) is 0 Å². The molecule has 6 nitrogen and oxygen atoms in total. The predicted octanol–water partition coefficient (Wildman–Crippen LogP) is 0.690. The number of carboxylic acids is 1. The number of amides is 1. The molecular weight excluding hydrogens is 234 g/mol. The molecule has 6 heteroatoms. The van der Waals surface area contributed by atoms with Gasteiger partial charge in [-0.05, 0) is 31.4 Å². The minimum absolute atomic E-state index is 0.113. The predicted molar refractivity (Wildman–Crippen MR) is 60.6 cm³/mol. The average Bonchev–Trinajstić information content (AvgIpc) is 2.33. The second-order valence-electron chi connectivity index (χ2n) is 4.24. The second-order valence-corrected chi connectivity index (χ2v) is 4.24. The quantitative estimate of drug-likeness (QED) is 0.815. The molecule has 0 spiro atoms. The lowest BCUT2D eigenvalue weighted by Gasteiger charge is -2.38. The van der Waals surface area contributed by atoms with Gasteiger partial charge in [0.15, 0.2) is 0 Å². The number of aliphatic carboxylic acids is 1. The molecule has 1 aliphatic rings. The Morgan fingerprint density at radius 2 is 2.17 bits per heavy atom. The van der Waals surface area contributed by atoms with E-state index in [9.17, 15) is 9.59 Å². The van der Waals surface area contributed by atoms with Gasteiger partial charge in [-0.1, -0.05) is 0 Å². The van der Waals surface area contributed by atoms with E-state index < -0.39 is 17.4 Å². The van der Waals surface area contributed by atoms with Gasteiger partial charge in [0.25, 0.3) is 5.91 Å². The maximum Gasteiger partial charge on any atom is 0.329 e. The van der Waals surface area contributed by atoms with E-state index in [1.165, 1.54) is 18.3 Å². The highest BCUT2D eigenvalue weighted by Crippen LogP contribution is 2.32. The van der Waals surface area contributed by atoms with Crippen LogP contribution >= 0.6 is 0 Å². The number of carboxylic acid groups (broad SMARTS) is 1. The fourth-order valence-corrected chi connectivity index (χ4v) is 1.80. The molecule has 0 unspecified atom stereocenters. The molecular formula is C12H11N3O3. The lowest BCUT2D eigenvalue weighted by molar-refractivity contribution is -0.148. The van der Waals surface area contributed by atoms with Crippen molar-refractivity contribution in [3.8, 4) is 6.07 Å². The van der Waals surface area contributed by atoms with Crippen LogP contribution in [0.25, 0.3) is 0 Å². The third-order valence-corrected chi connectivity index (χ3v) is 3.09. The van der Waals surface area contributed by atoms with Crippen molar-refractivity contribution in [2.45, 2.75) is 24.8 Å². The maximum atomic E-state index is 11.8. The van der Waals surface area contributed by atoms with Gasteiger partial charge in [0.05, 0.1) is 5.56 Å². The van der Waals surface area contributed by atoms with E-state index in [4.69, 9.17) is 10.4 Å². The number of aromatic nitrogens is 1. The van der Waals surface area contributed by atoms with Crippen molar-refractivity contribution < 1.29 is 14.7 Å². The minimum Gasteiger partial charge on any atom is -0.480 e. The van der Waals surface area contributed by atoms with Gasteiger partial charge in [-0.15, -0.1) is 0 Å². The zero-order valence-electron chi connectivity index (χ0n) is 9.51. The number of carbonyl (C=O) groups is 2. The Kier molecular flexibility index (Phi) is 2.98. The molecule has 0 bridgehead atoms. The monoisotopic (exact) mass is 245 g/mol. The number of pyridine rings is 1. The van der Waals surface area contributed by atoms with Gasteiger partial charge in [-0.3, -0.25) is 4.79 Å². The van der Waals surface area contributed by atoms with Gasteiger partial charge in [-0.25, -0.2) is 9.78 Å². The fourth-order valence-electron chi connectivity index (χ4n) is 1.80. The Hall–Kier alpha value is -2.42. The zero-order valence-corrected chi connectivity index (χ0v) is 9.51. The van der Waals surface area contributed by atoms with Gasteiger partial charge in [0.1, 0.15) is 17.3 Å². The summed E-state index contributed by atoms with van der Waals surface area (Å²) in [4.78, 5) is 26.8. The van der Waals surface area contributed by atoms with Crippen LogP contribution in [-0.2, 0) is 4.79 Å². The lowest BCUT2D eigenvalue weighted by Crippen LogP contribution is -2.59. The zero-order chi connectivity index (χ0) is 13.2. The Morgan fingerprint density at radius 3 is 2.56 bits per heavy atom. The number of nitrogens with one attached hydrogen (secondary N) is 1. The third-order valence-electron chi connectivity index (χ3n) is 3.09. The largest absolute Gasteiger partial charge is 0.480 e. The first-order valence-corrected chi connectivity index (χ1v) is 5.49. The SMILES string of the molecule is N#Cc1ccc(C(=O)NC2(C(=O)O)CCC2)nc1. The molecule has 1 amide bonds. The summed E-state index contributed by atoms with van der Waals surface area (Å²) in [6, 6.07) is 4.77. The molecule has 2 rings (SSSR count). The topological polar surface area (TPSA) is 103 Å². The van der Waals surface area contributed by atoms with E-state index >= 15 is 0 Å². The second kappa shape index (κ2) is 4.45. The van der Waals surface area contributed by atoms with Crippen molar-refractivity contribution in [2.75, 3.05) is 0 Å². The van der Waals surface area contributed by atoms with Crippen molar-refractivity contribution in [1.29, 1.82) is 5.26 Å². The van der Waals surface area contributed by atoms with Gasteiger partial charge in [0.2, 0.25) is 0 Å². The molecule has 0 aromatic carbocycles. The third kappa shape index (κ3) is 2.02. The minimum atomic E-state index is -1.15. The summed E-state index contributed by atoms with van der Waals surface area (Å²) in [7, 11) is 0. The Labute approximate surface area is 103 Å². The molecule has 0 radical (unpaired) electrons. The van der Waals surface area contributed by atoms with E-state index in [1.807, 2.05) is 6.07 Å². The van der Waals surface area contributed by atoms with Crippen LogP contribution in [0.3, 0.4) is 0 Å². The summed E-state index contributed by atoms with van der Waals surface area (Å²) in [6.45, 7) is 0. The Bertz CT molecular complexity index is 526. The van der Waals surface area contributed by atoms with E-state index in [0.29, 0.717) is 18.4 Å². The molecule has 1 aliphatic carbocycles. The first-order valence-electron chi connectivity index (χ1n) is 5.49. The number of carbonyl (C=O) groups excluding carboxylic acids is 1. The highest BCUT2D eigenvalue weighted by molar-refractivity contribution is 5.96. The summed E-state index contributed by atoms with van der Waals surface area (Å²) < 4.78 is 0. The van der Waals surface area contributed by atoms with Crippen molar-refractivity contribution in [3.63, 3.8) is 0 Å². The number of nitriles is 1. The van der Waals surface area contributed by atoms with Crippen molar-refractivity contribution in [3.05, 3.63) is 29.6 Å². The molecule has 1 aromatic heterocycles. The van der Waals surface area contributed by atoms with Crippen LogP contribution < -0.4 is 5.32 Å². The van der Waals surface area contributed by atoms with Crippen LogP contribution in [0, 0.1) is 11.3 Å². The maximum absolute atomic E-state index is 11.8. The summed E-state index contributed by atoms with van der Waals surface area (Å²) in [5, 5.41) is 20.2. The first-order chi connectivity index (χ1) is 8.57.